The van der Waals surface area contributed by atoms with Crippen molar-refractivity contribution in [2.45, 2.75) is 153 Å². The van der Waals surface area contributed by atoms with Gasteiger partial charge in [-0.15, -0.1) is 22.3 Å². The topological polar surface area (TPSA) is 191 Å². The number of hydrogen-bond donors (Lipinski definition) is 0. The van der Waals surface area contributed by atoms with Crippen molar-refractivity contribution in [2.75, 3.05) is 56.4 Å². The van der Waals surface area contributed by atoms with Crippen LogP contribution >= 0.6 is 0 Å². The standard InChI is InChI=1S/C56H92N4Si5.4C5H5N.4BF4.4H2O.4Pd/c1-57(2)45-49-21-29-53(30-22-49)61(9,10)37-17-41-65(42-18-38-62(11,12)54-31-23-50(24-32-54)46-58(3)4,43-19-39-63(13,14)55-33-25-51(26-34-55)47-59(5)6)44-20-40-64(15,16)56-35-27-52(28-36-56)48-60(7)8;4*1-2-4-6-5-3-1;4*2-1(3,4)5;;;;;;;;/h21,23,25,27,29-36H,17-20,37-48H2,1-16H3;4*1-5H;;;;;4*1H2;;;;/q-4;;;;;4*-1;;;;;4*+2. The number of pyridine rings is 4. The molecule has 4 aromatic heterocycles. The summed E-state index contributed by atoms with van der Waals surface area (Å²) in [6.45, 7) is 24.8. The van der Waals surface area contributed by atoms with E-state index < -0.39 is 69.4 Å². The van der Waals surface area contributed by atoms with Gasteiger partial charge in [0.05, 0.1) is 8.07 Å². The molecule has 4 heterocycles. The second-order valence-electron chi connectivity index (χ2n) is 29.9. The molecule has 0 bridgehead atoms. The van der Waals surface area contributed by atoms with E-state index in [4.69, 9.17) is 0 Å². The van der Waals surface area contributed by atoms with E-state index in [0.717, 1.165) is 26.2 Å². The first-order valence-corrected chi connectivity index (χ1v) is 51.6. The summed E-state index contributed by atoms with van der Waals surface area (Å²) in [4.78, 5) is 24.1. The van der Waals surface area contributed by atoms with Crippen LogP contribution in [0.15, 0.2) is 195 Å². The van der Waals surface area contributed by atoms with Crippen molar-refractivity contribution in [3.05, 3.63) is 242 Å². The monoisotopic (exact) mass is 2120 g/mol. The third kappa shape index (κ3) is 77.8. The van der Waals surface area contributed by atoms with Crippen molar-refractivity contribution in [1.82, 2.24) is 39.5 Å². The largest absolute Gasteiger partial charge is 2.00 e. The molecule has 4 aromatic carbocycles. The normalized spacial score (nSPS) is 11.0. The fourth-order valence-corrected chi connectivity index (χ4v) is 27.5. The SMILES string of the molecule is CN(C)Cc1[c-]cc([Si](C)(C)CCC[Si](CCC[Si](C)(C)c2c[c-]c(CN(C)C)cc2)(CCC[Si](C)(C)c2c[c-]c(CN(C)C)cc2)CCC[Si](C)(C)c2c[c-]c(CN(C)C)cc2)cc1.F[B-](F)(F)F.F[B-](F)(F)F.F[B-](F)(F)F.F[B-](F)(F)F.O.O.O.O.[Pd+2].[Pd+2].[Pd+2].[Pd+2].c1ccncc1.c1ccncc1.c1ccncc1.c1ccncc1. The Morgan fingerprint density at radius 1 is 0.256 bits per heavy atom. The molecule has 117 heavy (non-hydrogen) atoms. The van der Waals surface area contributed by atoms with Gasteiger partial charge in [-0.25, -0.2) is 0 Å². The molecule has 8 N–H and O–H groups in total. The summed E-state index contributed by atoms with van der Waals surface area (Å²) < 4.78 is 156. The quantitative estimate of drug-likeness (QED) is 0.0263. The molecule has 0 saturated heterocycles. The number of hydrogen-bond acceptors (Lipinski definition) is 8. The first-order chi connectivity index (χ1) is 50.4. The van der Waals surface area contributed by atoms with Crippen LogP contribution in [0.3, 0.4) is 0 Å². The Morgan fingerprint density at radius 2 is 0.402 bits per heavy atom. The van der Waals surface area contributed by atoms with E-state index in [0.29, 0.717) is 0 Å². The van der Waals surface area contributed by atoms with Crippen LogP contribution < -0.4 is 20.7 Å². The zero-order valence-electron chi connectivity index (χ0n) is 69.5. The van der Waals surface area contributed by atoms with Crippen LogP contribution in [0.5, 0.6) is 0 Å². The maximum atomic E-state index is 9.75. The van der Waals surface area contributed by atoms with Gasteiger partial charge in [0, 0.05) is 108 Å². The molecule has 0 radical (unpaired) electrons. The molecule has 41 heteroatoms. The van der Waals surface area contributed by atoms with Crippen molar-refractivity contribution in [3.8, 4) is 0 Å². The summed E-state index contributed by atoms with van der Waals surface area (Å²) in [5.74, 6) is 0. The molecule has 0 saturated carbocycles. The van der Waals surface area contributed by atoms with E-state index in [1.54, 1.807) is 70.3 Å². The van der Waals surface area contributed by atoms with Crippen molar-refractivity contribution >= 4 is 90.1 Å². The number of halogens is 16. The van der Waals surface area contributed by atoms with Crippen LogP contribution in [0.2, 0.25) is 101 Å². The van der Waals surface area contributed by atoms with Crippen molar-refractivity contribution in [1.29, 1.82) is 0 Å². The van der Waals surface area contributed by atoms with Crippen molar-refractivity contribution in [2.24, 2.45) is 0 Å². The smallest absolute Gasteiger partial charge is 0.418 e. The Hall–Kier alpha value is -3.97. The third-order valence-electron chi connectivity index (χ3n) is 16.9. The minimum absolute atomic E-state index is 0. The summed E-state index contributed by atoms with van der Waals surface area (Å²) in [5, 5.41) is 6.32. The van der Waals surface area contributed by atoms with Crippen LogP contribution in [0.1, 0.15) is 47.9 Å². The van der Waals surface area contributed by atoms with E-state index in [-0.39, 0.29) is 104 Å². The molecule has 8 rings (SSSR count). The average molecular weight is 2120 g/mol. The molecule has 0 atom stereocenters. The summed E-state index contributed by atoms with van der Waals surface area (Å²) in [7, 11) is -15.0. The predicted molar refractivity (Wildman–Crippen MR) is 454 cm³/mol. The maximum absolute atomic E-state index is 9.75. The second kappa shape index (κ2) is 68.5. The van der Waals surface area contributed by atoms with Crippen LogP contribution in [-0.2, 0) is 108 Å². The number of nitrogens with zero attached hydrogens (tertiary/aromatic N) is 8. The Morgan fingerprint density at radius 3 is 0.496 bits per heavy atom. The van der Waals surface area contributed by atoms with E-state index in [2.05, 4.69) is 245 Å². The third-order valence-corrected chi connectivity index (χ3v) is 36.4. The van der Waals surface area contributed by atoms with Gasteiger partial charge in [-0.3, -0.25) is 19.9 Å². The van der Waals surface area contributed by atoms with Gasteiger partial charge in [0.25, 0.3) is 0 Å². The minimum atomic E-state index is -6.00. The summed E-state index contributed by atoms with van der Waals surface area (Å²) in [5.41, 5.74) is 5.19. The Balaban J connectivity index is -0.000000257. The van der Waals surface area contributed by atoms with E-state index in [1.165, 1.54) is 96.3 Å². The molecule has 0 aliphatic carbocycles. The van der Waals surface area contributed by atoms with Gasteiger partial charge < -0.3 is 111 Å². The number of rotatable bonds is 28. The van der Waals surface area contributed by atoms with Crippen LogP contribution in [0.25, 0.3) is 0 Å². The fourth-order valence-electron chi connectivity index (χ4n) is 11.5. The summed E-state index contributed by atoms with van der Waals surface area (Å²) in [6, 6.07) is 77.7. The van der Waals surface area contributed by atoms with Crippen molar-refractivity contribution in [3.63, 3.8) is 0 Å². The molecule has 0 fully saturated rings. The Kier molecular flexibility index (Phi) is 76.7. The first-order valence-electron chi connectivity index (χ1n) is 35.9. The molecule has 0 amide bonds. The van der Waals surface area contributed by atoms with Crippen LogP contribution in [0.4, 0.5) is 69.1 Å². The van der Waals surface area contributed by atoms with Crippen molar-refractivity contribution < 1.29 is 173 Å². The van der Waals surface area contributed by atoms with E-state index in [9.17, 15) is 69.1 Å². The zero-order chi connectivity index (χ0) is 83.0. The van der Waals surface area contributed by atoms with Gasteiger partial charge in [0.15, 0.2) is 0 Å². The van der Waals surface area contributed by atoms with Gasteiger partial charge in [0.1, 0.15) is 0 Å². The second-order valence-corrected chi connectivity index (χ2v) is 54.3. The Bertz CT molecular complexity index is 2950. The number of benzene rings is 4. The van der Waals surface area contributed by atoms with Crippen LogP contribution in [-0.4, -0.2) is 187 Å². The van der Waals surface area contributed by atoms with Gasteiger partial charge in [-0.1, -0.05) is 151 Å². The maximum Gasteiger partial charge on any atom is 2.00 e. The molecule has 672 valence electrons. The average Bonchev–Trinajstić information content (AvgIpc) is 0.832. The van der Waals surface area contributed by atoms with Crippen LogP contribution in [0, 0.1) is 24.3 Å². The molecule has 12 nitrogen and oxygen atoms in total. The van der Waals surface area contributed by atoms with E-state index >= 15 is 0 Å². The molecular formula is C76H120B4F16N8O4Pd4Si5. The summed E-state index contributed by atoms with van der Waals surface area (Å²) >= 11 is 0. The van der Waals surface area contributed by atoms with Gasteiger partial charge in [-0.2, -0.15) is 118 Å². The van der Waals surface area contributed by atoms with Gasteiger partial charge in [0.2, 0.25) is 0 Å². The van der Waals surface area contributed by atoms with Gasteiger partial charge in [-0.05, 0) is 105 Å². The molecule has 0 spiro atoms. The summed E-state index contributed by atoms with van der Waals surface area (Å²) in [6.07, 6.45) is 19.6. The molecule has 0 aliphatic heterocycles. The molecule has 8 aromatic rings. The molecule has 0 aliphatic rings. The molecule has 0 unspecified atom stereocenters. The first kappa shape index (κ1) is 131. The van der Waals surface area contributed by atoms with Gasteiger partial charge >= 0.3 is 111 Å². The number of aromatic nitrogens is 4. The fraction of sp³-hybridized carbons (Fsp3) is 0.421. The minimum Gasteiger partial charge on any atom is -0.418 e. The van der Waals surface area contributed by atoms with E-state index in [1.807, 2.05) is 72.8 Å². The zero-order valence-corrected chi connectivity index (χ0v) is 80.7. The Labute approximate surface area is 746 Å². The molecular weight excluding hydrogens is 2000 g/mol. The predicted octanol–water partition coefficient (Wildman–Crippen LogP) is 17.1.